The molecule has 0 saturated heterocycles. The Balaban J connectivity index is 1.99. The Morgan fingerprint density at radius 3 is 2.94 bits per heavy atom. The average molecular weight is 254 g/mol. The summed E-state index contributed by atoms with van der Waals surface area (Å²) in [7, 11) is 0. The average Bonchev–Trinajstić information content (AvgIpc) is 2.79. The Morgan fingerprint density at radius 1 is 1.47 bits per heavy atom. The maximum atomic E-state index is 12.9. The van der Waals surface area contributed by atoms with Gasteiger partial charge in [0.25, 0.3) is 0 Å². The minimum absolute atomic E-state index is 0.124. The zero-order valence-corrected chi connectivity index (χ0v) is 10.2. The van der Waals surface area contributed by atoms with Gasteiger partial charge in [0.1, 0.15) is 5.82 Å². The van der Waals surface area contributed by atoms with Crippen LogP contribution >= 0.6 is 11.6 Å². The molecule has 0 saturated carbocycles. The first-order valence-corrected chi connectivity index (χ1v) is 5.77. The van der Waals surface area contributed by atoms with Crippen molar-refractivity contribution in [3.8, 4) is 0 Å². The van der Waals surface area contributed by atoms with Gasteiger partial charge >= 0.3 is 0 Å². The van der Waals surface area contributed by atoms with E-state index in [9.17, 15) is 4.39 Å². The molecule has 5 heteroatoms. The summed E-state index contributed by atoms with van der Waals surface area (Å²) in [6.07, 6.45) is 3.78. The summed E-state index contributed by atoms with van der Waals surface area (Å²) in [6.45, 7) is 3.52. The molecule has 0 spiro atoms. The molecular formula is C12H13ClFN3. The highest BCUT2D eigenvalue weighted by molar-refractivity contribution is 6.31. The van der Waals surface area contributed by atoms with E-state index in [2.05, 4.69) is 10.4 Å². The molecule has 17 heavy (non-hydrogen) atoms. The molecule has 0 fully saturated rings. The Bertz CT molecular complexity index is 510. The number of halogens is 2. The fourth-order valence-electron chi connectivity index (χ4n) is 1.48. The van der Waals surface area contributed by atoms with Crippen LogP contribution in [0.4, 0.5) is 10.1 Å². The van der Waals surface area contributed by atoms with E-state index >= 15 is 0 Å². The summed E-state index contributed by atoms with van der Waals surface area (Å²) in [5.41, 5.74) is 1.87. The Labute approximate surface area is 104 Å². The van der Waals surface area contributed by atoms with Gasteiger partial charge in [0.2, 0.25) is 0 Å². The number of nitrogens with one attached hydrogen (secondary N) is 1. The molecular weight excluding hydrogens is 241 g/mol. The van der Waals surface area contributed by atoms with Crippen LogP contribution in [0.3, 0.4) is 0 Å². The quantitative estimate of drug-likeness (QED) is 0.906. The predicted molar refractivity (Wildman–Crippen MR) is 66.6 cm³/mol. The molecule has 0 bridgehead atoms. The van der Waals surface area contributed by atoms with E-state index in [1.165, 1.54) is 6.07 Å². The van der Waals surface area contributed by atoms with Gasteiger partial charge in [-0.05, 0) is 25.1 Å². The second-order valence-corrected chi connectivity index (χ2v) is 4.09. The number of nitrogens with zero attached hydrogens (tertiary/aromatic N) is 2. The second-order valence-electron chi connectivity index (χ2n) is 3.69. The lowest BCUT2D eigenvalue weighted by Crippen LogP contribution is -1.99. The molecule has 0 atom stereocenters. The molecule has 0 aliphatic heterocycles. The van der Waals surface area contributed by atoms with Gasteiger partial charge in [-0.1, -0.05) is 11.6 Å². The molecule has 0 radical (unpaired) electrons. The van der Waals surface area contributed by atoms with Crippen molar-refractivity contribution in [2.75, 3.05) is 5.32 Å². The summed E-state index contributed by atoms with van der Waals surface area (Å²) in [5, 5.41) is 7.46. The zero-order chi connectivity index (χ0) is 12.3. The summed E-state index contributed by atoms with van der Waals surface area (Å²) in [4.78, 5) is 0. The molecule has 1 heterocycles. The molecule has 0 amide bonds. The first-order valence-electron chi connectivity index (χ1n) is 5.39. The molecule has 90 valence electrons. The van der Waals surface area contributed by atoms with Crippen LogP contribution in [0, 0.1) is 5.82 Å². The number of aromatic nitrogens is 2. The smallest absolute Gasteiger partial charge is 0.141 e. The lowest BCUT2D eigenvalue weighted by Gasteiger charge is -2.05. The van der Waals surface area contributed by atoms with E-state index in [0.717, 1.165) is 17.8 Å². The van der Waals surface area contributed by atoms with Crippen molar-refractivity contribution in [2.24, 2.45) is 0 Å². The Kier molecular flexibility index (Phi) is 3.64. The third-order valence-electron chi connectivity index (χ3n) is 2.43. The minimum Gasteiger partial charge on any atom is -0.381 e. The number of rotatable bonds is 4. The molecule has 2 rings (SSSR count). The van der Waals surface area contributed by atoms with Crippen LogP contribution in [0.2, 0.25) is 5.02 Å². The lowest BCUT2D eigenvalue weighted by atomic mass is 10.3. The largest absolute Gasteiger partial charge is 0.381 e. The van der Waals surface area contributed by atoms with Gasteiger partial charge < -0.3 is 5.32 Å². The topological polar surface area (TPSA) is 29.9 Å². The van der Waals surface area contributed by atoms with Gasteiger partial charge in [0.15, 0.2) is 0 Å². The lowest BCUT2D eigenvalue weighted by molar-refractivity contribution is 0.628. The van der Waals surface area contributed by atoms with Crippen LogP contribution in [-0.4, -0.2) is 9.78 Å². The van der Waals surface area contributed by atoms with Gasteiger partial charge in [-0.3, -0.25) is 4.68 Å². The number of hydrogen-bond acceptors (Lipinski definition) is 2. The molecule has 1 N–H and O–H groups in total. The fraction of sp³-hybridized carbons (Fsp3) is 0.250. The third kappa shape index (κ3) is 2.97. The highest BCUT2D eigenvalue weighted by Crippen LogP contribution is 2.19. The normalized spacial score (nSPS) is 10.5. The van der Waals surface area contributed by atoms with Crippen molar-refractivity contribution >= 4 is 17.3 Å². The van der Waals surface area contributed by atoms with Crippen LogP contribution in [-0.2, 0) is 13.1 Å². The van der Waals surface area contributed by atoms with Gasteiger partial charge in [-0.2, -0.15) is 5.10 Å². The Morgan fingerprint density at radius 2 is 2.29 bits per heavy atom. The van der Waals surface area contributed by atoms with Crippen molar-refractivity contribution in [1.82, 2.24) is 9.78 Å². The monoisotopic (exact) mass is 253 g/mol. The number of anilines is 1. The van der Waals surface area contributed by atoms with Crippen LogP contribution in [0.5, 0.6) is 0 Å². The maximum absolute atomic E-state index is 12.9. The van der Waals surface area contributed by atoms with Crippen LogP contribution in [0.1, 0.15) is 12.5 Å². The highest BCUT2D eigenvalue weighted by atomic mass is 35.5. The Hall–Kier alpha value is -1.55. The van der Waals surface area contributed by atoms with Crippen molar-refractivity contribution in [3.05, 3.63) is 47.0 Å². The third-order valence-corrected chi connectivity index (χ3v) is 2.72. The summed E-state index contributed by atoms with van der Waals surface area (Å²) < 4.78 is 14.8. The van der Waals surface area contributed by atoms with Crippen LogP contribution in [0.15, 0.2) is 30.6 Å². The summed E-state index contributed by atoms with van der Waals surface area (Å²) >= 11 is 5.69. The van der Waals surface area contributed by atoms with Crippen molar-refractivity contribution in [3.63, 3.8) is 0 Å². The SMILES string of the molecule is CCn1cc(CNc2ccc(F)c(Cl)c2)cn1. The fourth-order valence-corrected chi connectivity index (χ4v) is 1.66. The van der Waals surface area contributed by atoms with Crippen LogP contribution in [0.25, 0.3) is 0 Å². The molecule has 0 aliphatic carbocycles. The predicted octanol–water partition coefficient (Wildman–Crippen LogP) is 3.31. The molecule has 0 unspecified atom stereocenters. The van der Waals surface area contributed by atoms with Gasteiger partial charge in [-0.15, -0.1) is 0 Å². The van der Waals surface area contributed by atoms with E-state index in [1.54, 1.807) is 12.1 Å². The maximum Gasteiger partial charge on any atom is 0.141 e. The standard InChI is InChI=1S/C12H13ClFN3/c1-2-17-8-9(7-16-17)6-15-10-3-4-12(14)11(13)5-10/h3-5,7-8,15H,2,6H2,1H3. The zero-order valence-electron chi connectivity index (χ0n) is 9.45. The molecule has 1 aromatic heterocycles. The molecule has 2 aromatic rings. The van der Waals surface area contributed by atoms with Gasteiger partial charge in [0.05, 0.1) is 11.2 Å². The number of aryl methyl sites for hydroxylation is 1. The van der Waals surface area contributed by atoms with Crippen molar-refractivity contribution < 1.29 is 4.39 Å². The van der Waals surface area contributed by atoms with E-state index in [-0.39, 0.29) is 5.02 Å². The minimum atomic E-state index is -0.406. The van der Waals surface area contributed by atoms with Gasteiger partial charge in [0, 0.05) is 30.5 Å². The summed E-state index contributed by atoms with van der Waals surface area (Å²) in [5.74, 6) is -0.406. The number of hydrogen-bond donors (Lipinski definition) is 1. The molecule has 3 nitrogen and oxygen atoms in total. The first kappa shape index (κ1) is 11.9. The molecule has 0 aliphatic rings. The number of benzene rings is 1. The second kappa shape index (κ2) is 5.19. The van der Waals surface area contributed by atoms with Crippen LogP contribution < -0.4 is 5.32 Å². The van der Waals surface area contributed by atoms with Gasteiger partial charge in [-0.25, -0.2) is 4.39 Å². The van der Waals surface area contributed by atoms with E-state index in [1.807, 2.05) is 24.0 Å². The van der Waals surface area contributed by atoms with Crippen molar-refractivity contribution in [2.45, 2.75) is 20.0 Å². The highest BCUT2D eigenvalue weighted by Gasteiger charge is 2.01. The van der Waals surface area contributed by atoms with E-state index in [4.69, 9.17) is 11.6 Å². The first-order chi connectivity index (χ1) is 8.19. The molecule has 1 aromatic carbocycles. The van der Waals surface area contributed by atoms with E-state index < -0.39 is 5.82 Å². The van der Waals surface area contributed by atoms with E-state index in [0.29, 0.717) is 6.54 Å². The summed E-state index contributed by atoms with van der Waals surface area (Å²) in [6, 6.07) is 4.58. The van der Waals surface area contributed by atoms with Crippen molar-refractivity contribution in [1.29, 1.82) is 0 Å².